The lowest BCUT2D eigenvalue weighted by Gasteiger charge is -2.22. The van der Waals surface area contributed by atoms with Crippen LogP contribution >= 0.6 is 0 Å². The van der Waals surface area contributed by atoms with E-state index in [2.05, 4.69) is 0 Å². The molecule has 1 atom stereocenters. The molecular weight excluding hydrogens is 166 g/mol. The van der Waals surface area contributed by atoms with Crippen LogP contribution in [0.25, 0.3) is 0 Å². The number of hydrogen-bond acceptors (Lipinski definition) is 5. The Morgan fingerprint density at radius 2 is 1.67 bits per heavy atom. The Bertz CT molecular complexity index is 134. The second kappa shape index (κ2) is 5.90. The fourth-order valence-electron chi connectivity index (χ4n) is 0.769. The van der Waals surface area contributed by atoms with Crippen molar-refractivity contribution >= 4 is 5.97 Å². The molecule has 0 aromatic heterocycles. The molecule has 6 nitrogen and oxygen atoms in total. The van der Waals surface area contributed by atoms with Gasteiger partial charge in [-0.2, -0.15) is 0 Å². The molecule has 0 bridgehead atoms. The first-order chi connectivity index (χ1) is 5.63. The van der Waals surface area contributed by atoms with E-state index in [4.69, 9.17) is 20.4 Å². The van der Waals surface area contributed by atoms with E-state index < -0.39 is 12.2 Å². The molecule has 0 aromatic rings. The standard InChI is InChI=1S/C6H13NO5/c8-3-1-7(2-4-9)5(10)6(11)12/h5,8-10H,1-4H2,(H,11,12). The number of aliphatic carboxylic acids is 1. The summed E-state index contributed by atoms with van der Waals surface area (Å²) in [5, 5.41) is 34.2. The Hall–Kier alpha value is -0.690. The topological polar surface area (TPSA) is 101 Å². The summed E-state index contributed by atoms with van der Waals surface area (Å²) in [5.74, 6) is -1.39. The summed E-state index contributed by atoms with van der Waals surface area (Å²) in [6, 6.07) is 0. The molecule has 0 rings (SSSR count). The molecule has 0 amide bonds. The molecule has 6 heteroatoms. The molecule has 12 heavy (non-hydrogen) atoms. The van der Waals surface area contributed by atoms with Crippen molar-refractivity contribution in [3.63, 3.8) is 0 Å². The minimum absolute atomic E-state index is 0.0219. The summed E-state index contributed by atoms with van der Waals surface area (Å²) in [5.41, 5.74) is 0. The highest BCUT2D eigenvalue weighted by Gasteiger charge is 2.21. The third kappa shape index (κ3) is 3.63. The number of aliphatic hydroxyl groups is 3. The third-order valence-electron chi connectivity index (χ3n) is 1.34. The molecule has 0 heterocycles. The van der Waals surface area contributed by atoms with Crippen molar-refractivity contribution in [2.24, 2.45) is 0 Å². The summed E-state index contributed by atoms with van der Waals surface area (Å²) in [6.45, 7) is -0.475. The summed E-state index contributed by atoms with van der Waals surface area (Å²) < 4.78 is 0. The second-order valence-electron chi connectivity index (χ2n) is 2.20. The van der Waals surface area contributed by atoms with Gasteiger partial charge in [-0.1, -0.05) is 0 Å². The van der Waals surface area contributed by atoms with Crippen LogP contribution in [0.2, 0.25) is 0 Å². The fourth-order valence-corrected chi connectivity index (χ4v) is 0.769. The molecule has 0 saturated carbocycles. The minimum atomic E-state index is -1.66. The van der Waals surface area contributed by atoms with Crippen LogP contribution in [0.5, 0.6) is 0 Å². The van der Waals surface area contributed by atoms with E-state index in [0.717, 1.165) is 4.90 Å². The summed E-state index contributed by atoms with van der Waals surface area (Å²) in [4.78, 5) is 11.3. The molecule has 0 aliphatic heterocycles. The maximum atomic E-state index is 10.2. The molecule has 0 aromatic carbocycles. The Balaban J connectivity index is 3.98. The van der Waals surface area contributed by atoms with Crippen molar-refractivity contribution in [2.45, 2.75) is 6.23 Å². The number of hydrogen-bond donors (Lipinski definition) is 4. The molecule has 0 aliphatic rings. The Labute approximate surface area is 69.7 Å². The van der Waals surface area contributed by atoms with Crippen molar-refractivity contribution in [1.29, 1.82) is 0 Å². The SMILES string of the molecule is O=C(O)C(O)N(CCO)CCO. The Morgan fingerprint density at radius 1 is 1.25 bits per heavy atom. The van der Waals surface area contributed by atoms with Gasteiger partial charge in [0.25, 0.3) is 0 Å². The lowest BCUT2D eigenvalue weighted by Crippen LogP contribution is -2.44. The second-order valence-corrected chi connectivity index (χ2v) is 2.20. The first-order valence-electron chi connectivity index (χ1n) is 3.50. The number of rotatable bonds is 6. The largest absolute Gasteiger partial charge is 0.478 e. The van der Waals surface area contributed by atoms with Crippen LogP contribution in [0.1, 0.15) is 0 Å². The monoisotopic (exact) mass is 179 g/mol. The summed E-state index contributed by atoms with van der Waals surface area (Å²) in [6.07, 6.45) is -1.66. The van der Waals surface area contributed by atoms with Gasteiger partial charge in [-0.25, -0.2) is 4.79 Å². The average molecular weight is 179 g/mol. The Kier molecular flexibility index (Phi) is 5.56. The highest BCUT2D eigenvalue weighted by atomic mass is 16.4. The predicted octanol–water partition coefficient (Wildman–Crippen LogP) is -2.32. The minimum Gasteiger partial charge on any atom is -0.478 e. The molecule has 0 saturated heterocycles. The average Bonchev–Trinajstić information content (AvgIpc) is 2.03. The van der Waals surface area contributed by atoms with Gasteiger partial charge in [0.15, 0.2) is 0 Å². The lowest BCUT2D eigenvalue weighted by atomic mass is 10.4. The van der Waals surface area contributed by atoms with Gasteiger partial charge in [0.05, 0.1) is 13.2 Å². The van der Waals surface area contributed by atoms with Gasteiger partial charge in [0, 0.05) is 13.1 Å². The summed E-state index contributed by atoms with van der Waals surface area (Å²) in [7, 11) is 0. The zero-order chi connectivity index (χ0) is 9.56. The van der Waals surface area contributed by atoms with Gasteiger partial charge < -0.3 is 20.4 Å². The van der Waals surface area contributed by atoms with Gasteiger partial charge in [-0.15, -0.1) is 0 Å². The normalized spacial score (nSPS) is 13.3. The van der Waals surface area contributed by atoms with Crippen LogP contribution in [-0.4, -0.2) is 63.8 Å². The zero-order valence-electron chi connectivity index (χ0n) is 6.55. The number of nitrogens with zero attached hydrogens (tertiary/aromatic N) is 1. The van der Waals surface area contributed by atoms with E-state index in [1.54, 1.807) is 0 Å². The van der Waals surface area contributed by atoms with E-state index in [-0.39, 0.29) is 26.3 Å². The van der Waals surface area contributed by atoms with Crippen molar-refractivity contribution in [1.82, 2.24) is 4.90 Å². The van der Waals surface area contributed by atoms with Gasteiger partial charge >= 0.3 is 5.97 Å². The molecule has 0 fully saturated rings. The van der Waals surface area contributed by atoms with Crippen molar-refractivity contribution < 1.29 is 25.2 Å². The first kappa shape index (κ1) is 11.3. The van der Waals surface area contributed by atoms with Gasteiger partial charge in [-0.3, -0.25) is 4.90 Å². The quantitative estimate of drug-likeness (QED) is 0.341. The molecule has 72 valence electrons. The van der Waals surface area contributed by atoms with Crippen molar-refractivity contribution in [3.8, 4) is 0 Å². The first-order valence-corrected chi connectivity index (χ1v) is 3.50. The molecular formula is C6H13NO5. The zero-order valence-corrected chi connectivity index (χ0v) is 6.55. The van der Waals surface area contributed by atoms with Crippen molar-refractivity contribution in [3.05, 3.63) is 0 Å². The van der Waals surface area contributed by atoms with E-state index in [9.17, 15) is 4.79 Å². The lowest BCUT2D eigenvalue weighted by molar-refractivity contribution is -0.158. The maximum absolute atomic E-state index is 10.2. The van der Waals surface area contributed by atoms with Crippen LogP contribution in [0.15, 0.2) is 0 Å². The van der Waals surface area contributed by atoms with Crippen LogP contribution in [0.3, 0.4) is 0 Å². The van der Waals surface area contributed by atoms with E-state index in [1.807, 2.05) is 0 Å². The smallest absolute Gasteiger partial charge is 0.348 e. The van der Waals surface area contributed by atoms with Gasteiger partial charge in [0.1, 0.15) is 0 Å². The molecule has 0 aliphatic carbocycles. The van der Waals surface area contributed by atoms with Crippen LogP contribution < -0.4 is 0 Å². The van der Waals surface area contributed by atoms with E-state index in [1.165, 1.54) is 0 Å². The highest BCUT2D eigenvalue weighted by molar-refractivity contribution is 5.71. The van der Waals surface area contributed by atoms with Crippen LogP contribution in [-0.2, 0) is 4.79 Å². The maximum Gasteiger partial charge on any atom is 0.348 e. The van der Waals surface area contributed by atoms with E-state index in [0.29, 0.717) is 0 Å². The van der Waals surface area contributed by atoms with Gasteiger partial charge in [-0.05, 0) is 0 Å². The van der Waals surface area contributed by atoms with Crippen LogP contribution in [0.4, 0.5) is 0 Å². The number of carboxylic acid groups (broad SMARTS) is 1. The molecule has 1 unspecified atom stereocenters. The van der Waals surface area contributed by atoms with Crippen molar-refractivity contribution in [2.75, 3.05) is 26.3 Å². The number of carboxylic acids is 1. The number of aliphatic hydroxyl groups excluding tert-OH is 3. The fraction of sp³-hybridized carbons (Fsp3) is 0.833. The highest BCUT2D eigenvalue weighted by Crippen LogP contribution is 1.94. The third-order valence-corrected chi connectivity index (χ3v) is 1.34. The summed E-state index contributed by atoms with van der Waals surface area (Å²) >= 11 is 0. The van der Waals surface area contributed by atoms with Gasteiger partial charge in [0.2, 0.25) is 6.23 Å². The van der Waals surface area contributed by atoms with Crippen LogP contribution in [0, 0.1) is 0 Å². The Morgan fingerprint density at radius 3 is 1.92 bits per heavy atom. The molecule has 0 spiro atoms. The molecule has 4 N–H and O–H groups in total. The molecule has 0 radical (unpaired) electrons. The van der Waals surface area contributed by atoms with E-state index >= 15 is 0 Å². The predicted molar refractivity (Wildman–Crippen MR) is 39.4 cm³/mol. The number of carbonyl (C=O) groups is 1.